The number of halogens is 3. The zero-order chi connectivity index (χ0) is 18.9. The number of benzene rings is 2. The zero-order valence-electron chi connectivity index (χ0n) is 13.6. The van der Waals surface area contributed by atoms with Crippen LogP contribution in [0.25, 0.3) is 0 Å². The van der Waals surface area contributed by atoms with E-state index in [0.29, 0.717) is 0 Å². The van der Waals surface area contributed by atoms with Crippen LogP contribution in [-0.4, -0.2) is 24.9 Å². The smallest absolute Gasteiger partial charge is 0.276 e. The van der Waals surface area contributed by atoms with Gasteiger partial charge >= 0.3 is 0 Å². The molecule has 0 saturated carbocycles. The van der Waals surface area contributed by atoms with Crippen LogP contribution in [0, 0.1) is 34.5 Å². The van der Waals surface area contributed by atoms with Crippen LogP contribution in [0.1, 0.15) is 15.9 Å². The van der Waals surface area contributed by atoms with Gasteiger partial charge < -0.3 is 10.2 Å². The van der Waals surface area contributed by atoms with E-state index in [9.17, 15) is 28.1 Å². The van der Waals surface area contributed by atoms with Gasteiger partial charge in [-0.3, -0.25) is 14.9 Å². The Hall–Kier alpha value is -3.10. The van der Waals surface area contributed by atoms with Crippen LogP contribution in [0.4, 0.5) is 30.2 Å². The van der Waals surface area contributed by atoms with Gasteiger partial charge in [0.1, 0.15) is 11.5 Å². The van der Waals surface area contributed by atoms with Gasteiger partial charge in [0.2, 0.25) is 0 Å². The standard InChI is InChI=1S/C16H14F3N3O3/c1-8-11(17)4-9(5-14(8)22(24)25)16(23)20-10-6-12(18)15(21(2)3)13(19)7-10/h4-7H,1-3H3,(H,20,23). The minimum Gasteiger partial charge on any atom is -0.373 e. The van der Waals surface area contributed by atoms with E-state index in [4.69, 9.17) is 0 Å². The van der Waals surface area contributed by atoms with Crippen molar-refractivity contribution in [3.05, 3.63) is 63.0 Å². The fourth-order valence-corrected chi connectivity index (χ4v) is 2.25. The summed E-state index contributed by atoms with van der Waals surface area (Å²) in [5.74, 6) is -3.67. The number of nitrogens with one attached hydrogen (secondary N) is 1. The summed E-state index contributed by atoms with van der Waals surface area (Å²) in [4.78, 5) is 23.5. The number of carbonyl (C=O) groups is 1. The lowest BCUT2D eigenvalue weighted by molar-refractivity contribution is -0.385. The molecule has 0 aliphatic carbocycles. The fourth-order valence-electron chi connectivity index (χ4n) is 2.25. The van der Waals surface area contributed by atoms with Crippen LogP contribution >= 0.6 is 0 Å². The second-order valence-electron chi connectivity index (χ2n) is 5.50. The van der Waals surface area contributed by atoms with E-state index in [0.717, 1.165) is 24.3 Å². The molecule has 0 fully saturated rings. The van der Waals surface area contributed by atoms with Gasteiger partial charge in [-0.05, 0) is 25.1 Å². The van der Waals surface area contributed by atoms with Gasteiger partial charge in [-0.1, -0.05) is 0 Å². The molecule has 25 heavy (non-hydrogen) atoms. The summed E-state index contributed by atoms with van der Waals surface area (Å²) in [6.45, 7) is 1.21. The SMILES string of the molecule is Cc1c(F)cc(C(=O)Nc2cc(F)c(N(C)C)c(F)c2)cc1[N+](=O)[O-]. The van der Waals surface area contributed by atoms with Gasteiger partial charge in [-0.15, -0.1) is 0 Å². The molecule has 0 bridgehead atoms. The summed E-state index contributed by atoms with van der Waals surface area (Å²) in [7, 11) is 2.90. The molecular formula is C16H14F3N3O3. The Balaban J connectivity index is 2.36. The predicted molar refractivity (Wildman–Crippen MR) is 86.4 cm³/mol. The number of nitro groups is 1. The van der Waals surface area contributed by atoms with Gasteiger partial charge in [0.15, 0.2) is 11.6 Å². The monoisotopic (exact) mass is 353 g/mol. The molecule has 0 aliphatic rings. The second-order valence-corrected chi connectivity index (χ2v) is 5.50. The summed E-state index contributed by atoms with van der Waals surface area (Å²) >= 11 is 0. The highest BCUT2D eigenvalue weighted by atomic mass is 19.1. The molecular weight excluding hydrogens is 339 g/mol. The number of amides is 1. The lowest BCUT2D eigenvalue weighted by Gasteiger charge is -2.16. The van der Waals surface area contributed by atoms with E-state index in [1.807, 2.05) is 0 Å². The van der Waals surface area contributed by atoms with Crippen molar-refractivity contribution in [2.24, 2.45) is 0 Å². The first-order valence-corrected chi connectivity index (χ1v) is 7.04. The lowest BCUT2D eigenvalue weighted by Crippen LogP contribution is -2.16. The number of nitro benzene ring substituents is 1. The number of hydrogen-bond acceptors (Lipinski definition) is 4. The predicted octanol–water partition coefficient (Wildman–Crippen LogP) is 3.64. The molecule has 0 heterocycles. The first kappa shape index (κ1) is 18.2. The third-order valence-electron chi connectivity index (χ3n) is 3.50. The molecule has 0 radical (unpaired) electrons. The Labute approximate surface area is 141 Å². The Morgan fingerprint density at radius 3 is 2.12 bits per heavy atom. The Morgan fingerprint density at radius 1 is 1.08 bits per heavy atom. The first-order valence-electron chi connectivity index (χ1n) is 7.04. The highest BCUT2D eigenvalue weighted by molar-refractivity contribution is 6.04. The van der Waals surface area contributed by atoms with Crippen molar-refractivity contribution in [3.63, 3.8) is 0 Å². The maximum atomic E-state index is 13.9. The molecule has 0 unspecified atom stereocenters. The summed E-state index contributed by atoms with van der Waals surface area (Å²) in [5.41, 5.74) is -1.60. The summed E-state index contributed by atoms with van der Waals surface area (Å²) in [6.07, 6.45) is 0. The summed E-state index contributed by atoms with van der Waals surface area (Å²) < 4.78 is 41.6. The van der Waals surface area contributed by atoms with Crippen molar-refractivity contribution in [1.82, 2.24) is 0 Å². The molecule has 132 valence electrons. The van der Waals surface area contributed by atoms with E-state index in [2.05, 4.69) is 5.32 Å². The largest absolute Gasteiger partial charge is 0.373 e. The Bertz CT molecular complexity index is 846. The van der Waals surface area contributed by atoms with E-state index < -0.39 is 34.0 Å². The highest BCUT2D eigenvalue weighted by Crippen LogP contribution is 2.27. The maximum absolute atomic E-state index is 13.9. The number of hydrogen-bond donors (Lipinski definition) is 1. The molecule has 6 nitrogen and oxygen atoms in total. The van der Waals surface area contributed by atoms with Gasteiger partial charge in [0.05, 0.1) is 10.5 Å². The molecule has 2 aromatic rings. The Morgan fingerprint density at radius 2 is 1.64 bits per heavy atom. The van der Waals surface area contributed by atoms with E-state index in [1.54, 1.807) is 0 Å². The average molecular weight is 353 g/mol. The lowest BCUT2D eigenvalue weighted by atomic mass is 10.1. The molecule has 0 aliphatic heterocycles. The van der Waals surface area contributed by atoms with Crippen molar-refractivity contribution in [2.45, 2.75) is 6.92 Å². The number of anilines is 2. The molecule has 1 amide bonds. The van der Waals surface area contributed by atoms with Crippen LogP contribution in [0.5, 0.6) is 0 Å². The second kappa shape index (κ2) is 6.80. The Kier molecular flexibility index (Phi) is 4.96. The van der Waals surface area contributed by atoms with E-state index in [-0.39, 0.29) is 22.5 Å². The van der Waals surface area contributed by atoms with Crippen LogP contribution in [0.15, 0.2) is 24.3 Å². The van der Waals surface area contributed by atoms with Crippen LogP contribution in [0.3, 0.4) is 0 Å². The minimum absolute atomic E-state index is 0.200. The maximum Gasteiger partial charge on any atom is 0.276 e. The topological polar surface area (TPSA) is 75.5 Å². The van der Waals surface area contributed by atoms with Gasteiger partial charge in [0, 0.05) is 31.4 Å². The quantitative estimate of drug-likeness (QED) is 0.673. The molecule has 1 N–H and O–H groups in total. The first-order chi connectivity index (χ1) is 11.6. The molecule has 0 atom stereocenters. The third-order valence-corrected chi connectivity index (χ3v) is 3.50. The highest BCUT2D eigenvalue weighted by Gasteiger charge is 2.20. The van der Waals surface area contributed by atoms with Gasteiger partial charge in [-0.25, -0.2) is 13.2 Å². The molecule has 9 heteroatoms. The van der Waals surface area contributed by atoms with Crippen molar-refractivity contribution in [2.75, 3.05) is 24.3 Å². The molecule has 0 aromatic heterocycles. The van der Waals surface area contributed by atoms with Crippen molar-refractivity contribution >= 4 is 23.0 Å². The fraction of sp³-hybridized carbons (Fsp3) is 0.188. The molecule has 0 saturated heterocycles. The normalized spacial score (nSPS) is 10.5. The number of carbonyl (C=O) groups excluding carboxylic acids is 1. The number of nitrogens with zero attached hydrogens (tertiary/aromatic N) is 2. The van der Waals surface area contributed by atoms with E-state index in [1.165, 1.54) is 25.9 Å². The third kappa shape index (κ3) is 3.70. The van der Waals surface area contributed by atoms with Crippen molar-refractivity contribution in [1.29, 1.82) is 0 Å². The average Bonchev–Trinajstić information content (AvgIpc) is 2.48. The summed E-state index contributed by atoms with van der Waals surface area (Å²) in [5, 5.41) is 13.1. The minimum atomic E-state index is -0.932. The van der Waals surface area contributed by atoms with Gasteiger partial charge in [-0.2, -0.15) is 0 Å². The van der Waals surface area contributed by atoms with Crippen LogP contribution in [0.2, 0.25) is 0 Å². The van der Waals surface area contributed by atoms with Crippen molar-refractivity contribution in [3.8, 4) is 0 Å². The van der Waals surface area contributed by atoms with Gasteiger partial charge in [0.25, 0.3) is 11.6 Å². The van der Waals surface area contributed by atoms with Crippen LogP contribution < -0.4 is 10.2 Å². The van der Waals surface area contributed by atoms with Crippen molar-refractivity contribution < 1.29 is 22.9 Å². The van der Waals surface area contributed by atoms with E-state index >= 15 is 0 Å². The number of rotatable bonds is 4. The summed E-state index contributed by atoms with van der Waals surface area (Å²) in [6, 6.07) is 3.51. The zero-order valence-corrected chi connectivity index (χ0v) is 13.6. The molecule has 0 spiro atoms. The molecule has 2 rings (SSSR count). The molecule has 2 aromatic carbocycles. The van der Waals surface area contributed by atoms with Crippen LogP contribution in [-0.2, 0) is 0 Å².